The molecule has 0 amide bonds. The number of hydrogen-bond acceptors (Lipinski definition) is 5. The number of esters is 1. The van der Waals surface area contributed by atoms with Crippen molar-refractivity contribution in [3.05, 3.63) is 12.2 Å². The molecule has 1 aliphatic heterocycles. The van der Waals surface area contributed by atoms with Crippen LogP contribution in [0.4, 0.5) is 0 Å². The van der Waals surface area contributed by atoms with E-state index < -0.39 is 0 Å². The van der Waals surface area contributed by atoms with Gasteiger partial charge in [0.25, 0.3) is 0 Å². The first-order chi connectivity index (χ1) is 9.17. The van der Waals surface area contributed by atoms with Gasteiger partial charge in [0.2, 0.25) is 0 Å². The zero-order chi connectivity index (χ0) is 14.1. The van der Waals surface area contributed by atoms with Crippen LogP contribution < -0.4 is 5.73 Å². The van der Waals surface area contributed by atoms with Crippen molar-refractivity contribution in [1.29, 1.82) is 0 Å². The topological polar surface area (TPSA) is 70.8 Å². The fourth-order valence-electron chi connectivity index (χ4n) is 2.09. The average molecular weight is 271 g/mol. The highest BCUT2D eigenvalue weighted by Crippen LogP contribution is 2.21. The number of carbonyl (C=O) groups is 1. The van der Waals surface area contributed by atoms with Gasteiger partial charge in [0.15, 0.2) is 6.29 Å². The summed E-state index contributed by atoms with van der Waals surface area (Å²) < 4.78 is 15.7. The lowest BCUT2D eigenvalue weighted by Gasteiger charge is -2.34. The van der Waals surface area contributed by atoms with Crippen molar-refractivity contribution in [2.75, 3.05) is 20.3 Å². The van der Waals surface area contributed by atoms with Crippen LogP contribution in [0.15, 0.2) is 12.2 Å². The summed E-state index contributed by atoms with van der Waals surface area (Å²) in [6, 6.07) is 0. The monoisotopic (exact) mass is 271 g/mol. The molecule has 1 heterocycles. The van der Waals surface area contributed by atoms with Crippen LogP contribution in [0.25, 0.3) is 0 Å². The van der Waals surface area contributed by atoms with Gasteiger partial charge in [0, 0.05) is 18.9 Å². The first kappa shape index (κ1) is 16.1. The number of hydrogen-bond donors (Lipinski definition) is 1. The number of allylic oxidation sites excluding steroid dienone is 2. The third kappa shape index (κ3) is 6.18. The highest BCUT2D eigenvalue weighted by atomic mass is 16.7. The molecule has 0 unspecified atom stereocenters. The van der Waals surface area contributed by atoms with Crippen molar-refractivity contribution in [2.45, 2.75) is 45.0 Å². The van der Waals surface area contributed by atoms with Crippen molar-refractivity contribution < 1.29 is 19.0 Å². The van der Waals surface area contributed by atoms with Crippen LogP contribution in [0.3, 0.4) is 0 Å². The SMILES string of the molecule is COC(=O)CCCC=CC[C@H]1CO[C@@H](C)O[C@H]1CN. The van der Waals surface area contributed by atoms with Crippen LogP contribution in [0.2, 0.25) is 0 Å². The van der Waals surface area contributed by atoms with E-state index in [1.54, 1.807) is 0 Å². The summed E-state index contributed by atoms with van der Waals surface area (Å²) in [5, 5.41) is 0. The maximum absolute atomic E-state index is 10.9. The van der Waals surface area contributed by atoms with Gasteiger partial charge in [-0.1, -0.05) is 12.2 Å². The van der Waals surface area contributed by atoms with E-state index in [9.17, 15) is 4.79 Å². The van der Waals surface area contributed by atoms with E-state index in [0.717, 1.165) is 19.3 Å². The normalized spacial score (nSPS) is 27.6. The third-order valence-electron chi connectivity index (χ3n) is 3.25. The van der Waals surface area contributed by atoms with Gasteiger partial charge < -0.3 is 19.9 Å². The van der Waals surface area contributed by atoms with E-state index >= 15 is 0 Å². The molecule has 1 rings (SSSR count). The van der Waals surface area contributed by atoms with Crippen LogP contribution >= 0.6 is 0 Å². The molecule has 0 aromatic rings. The maximum atomic E-state index is 10.9. The lowest BCUT2D eigenvalue weighted by atomic mass is 9.98. The minimum atomic E-state index is -0.158. The van der Waals surface area contributed by atoms with Crippen molar-refractivity contribution in [3.63, 3.8) is 0 Å². The zero-order valence-electron chi connectivity index (χ0n) is 11.8. The second-order valence-electron chi connectivity index (χ2n) is 4.75. The molecule has 0 bridgehead atoms. The fourth-order valence-corrected chi connectivity index (χ4v) is 2.09. The summed E-state index contributed by atoms with van der Waals surface area (Å²) in [6.45, 7) is 3.10. The molecule has 5 heteroatoms. The second-order valence-corrected chi connectivity index (χ2v) is 4.75. The number of nitrogens with two attached hydrogens (primary N) is 1. The molecule has 1 saturated heterocycles. The van der Waals surface area contributed by atoms with E-state index in [4.69, 9.17) is 15.2 Å². The number of ether oxygens (including phenoxy) is 3. The summed E-state index contributed by atoms with van der Waals surface area (Å²) >= 11 is 0. The van der Waals surface area contributed by atoms with Gasteiger partial charge in [0.1, 0.15) is 0 Å². The zero-order valence-corrected chi connectivity index (χ0v) is 11.8. The predicted octanol–water partition coefficient (Wildman–Crippen LogP) is 1.61. The molecule has 19 heavy (non-hydrogen) atoms. The summed E-state index contributed by atoms with van der Waals surface area (Å²) in [4.78, 5) is 10.9. The third-order valence-corrected chi connectivity index (χ3v) is 3.25. The molecular formula is C14H25NO4. The van der Waals surface area contributed by atoms with Crippen LogP contribution in [0, 0.1) is 5.92 Å². The van der Waals surface area contributed by atoms with Crippen LogP contribution in [0.5, 0.6) is 0 Å². The standard InChI is InChI=1S/C14H25NO4/c1-11-18-10-12(13(9-15)19-11)7-5-3-4-6-8-14(16)17-2/h3,5,11-13H,4,6-10,15H2,1-2H3/t11-,12+,13+/m1/s1. The molecule has 3 atom stereocenters. The molecular weight excluding hydrogens is 246 g/mol. The fraction of sp³-hybridized carbons (Fsp3) is 0.786. The molecule has 1 fully saturated rings. The van der Waals surface area contributed by atoms with Crippen molar-refractivity contribution >= 4 is 5.97 Å². The Balaban J connectivity index is 2.18. The Labute approximate surface area is 115 Å². The summed E-state index contributed by atoms with van der Waals surface area (Å²) in [5.41, 5.74) is 5.70. The Kier molecular flexibility index (Phi) is 7.70. The van der Waals surface area contributed by atoms with E-state index in [-0.39, 0.29) is 18.4 Å². The molecule has 0 aromatic heterocycles. The molecule has 0 aromatic carbocycles. The van der Waals surface area contributed by atoms with Gasteiger partial charge in [-0.25, -0.2) is 0 Å². The number of unbranched alkanes of at least 4 members (excludes halogenated alkanes) is 1. The molecule has 110 valence electrons. The van der Waals surface area contributed by atoms with Gasteiger partial charge >= 0.3 is 5.97 Å². The molecule has 0 aliphatic carbocycles. The van der Waals surface area contributed by atoms with Gasteiger partial charge in [-0.2, -0.15) is 0 Å². The van der Waals surface area contributed by atoms with Gasteiger partial charge in [-0.15, -0.1) is 0 Å². The Morgan fingerprint density at radius 3 is 2.95 bits per heavy atom. The van der Waals surface area contributed by atoms with Crippen molar-refractivity contribution in [2.24, 2.45) is 11.7 Å². The molecule has 5 nitrogen and oxygen atoms in total. The van der Waals surface area contributed by atoms with E-state index in [0.29, 0.717) is 25.5 Å². The highest BCUT2D eigenvalue weighted by Gasteiger charge is 2.27. The van der Waals surface area contributed by atoms with Crippen LogP contribution in [0.1, 0.15) is 32.6 Å². The predicted molar refractivity (Wildman–Crippen MR) is 72.5 cm³/mol. The van der Waals surface area contributed by atoms with Gasteiger partial charge in [-0.3, -0.25) is 4.79 Å². The maximum Gasteiger partial charge on any atom is 0.305 e. The Morgan fingerprint density at radius 1 is 1.47 bits per heavy atom. The quantitative estimate of drug-likeness (QED) is 0.433. The van der Waals surface area contributed by atoms with Gasteiger partial charge in [0.05, 0.1) is 19.8 Å². The number of rotatable bonds is 7. The number of carbonyl (C=O) groups excluding carboxylic acids is 1. The minimum Gasteiger partial charge on any atom is -0.469 e. The molecule has 0 spiro atoms. The highest BCUT2D eigenvalue weighted by molar-refractivity contribution is 5.68. The first-order valence-electron chi connectivity index (χ1n) is 6.86. The van der Waals surface area contributed by atoms with E-state index in [2.05, 4.69) is 16.9 Å². The number of methoxy groups -OCH3 is 1. The Hall–Kier alpha value is -0.910. The smallest absolute Gasteiger partial charge is 0.305 e. The second kappa shape index (κ2) is 9.07. The van der Waals surface area contributed by atoms with Gasteiger partial charge in [-0.05, 0) is 26.2 Å². The molecule has 2 N–H and O–H groups in total. The molecule has 0 saturated carbocycles. The Bertz CT molecular complexity index is 293. The largest absolute Gasteiger partial charge is 0.469 e. The summed E-state index contributed by atoms with van der Waals surface area (Å²) in [7, 11) is 1.41. The molecule has 1 aliphatic rings. The minimum absolute atomic E-state index is 0.0727. The lowest BCUT2D eigenvalue weighted by Crippen LogP contribution is -2.42. The van der Waals surface area contributed by atoms with Crippen LogP contribution in [-0.4, -0.2) is 38.6 Å². The first-order valence-corrected chi connectivity index (χ1v) is 6.86. The van der Waals surface area contributed by atoms with Crippen molar-refractivity contribution in [3.8, 4) is 0 Å². The lowest BCUT2D eigenvalue weighted by molar-refractivity contribution is -0.223. The summed E-state index contributed by atoms with van der Waals surface area (Å²) in [5.74, 6) is 0.165. The molecule has 0 radical (unpaired) electrons. The average Bonchev–Trinajstić information content (AvgIpc) is 2.43. The summed E-state index contributed by atoms with van der Waals surface area (Å²) in [6.07, 6.45) is 7.19. The van der Waals surface area contributed by atoms with Crippen molar-refractivity contribution in [1.82, 2.24) is 0 Å². The van der Waals surface area contributed by atoms with E-state index in [1.807, 2.05) is 6.92 Å². The van der Waals surface area contributed by atoms with E-state index in [1.165, 1.54) is 7.11 Å². The van der Waals surface area contributed by atoms with Crippen LogP contribution in [-0.2, 0) is 19.0 Å². The Morgan fingerprint density at radius 2 is 2.26 bits per heavy atom.